The molecule has 0 spiro atoms. The van der Waals surface area contributed by atoms with E-state index in [4.69, 9.17) is 5.73 Å². The number of hydrogen-bond acceptors (Lipinski definition) is 6. The van der Waals surface area contributed by atoms with Crippen LogP contribution in [0.5, 0.6) is 5.75 Å². The average Bonchev–Trinajstić information content (AvgIpc) is 3.29. The van der Waals surface area contributed by atoms with Crippen molar-refractivity contribution in [3.8, 4) is 17.0 Å². The third-order valence-electron chi connectivity index (χ3n) is 6.27. The number of halogens is 2. The minimum atomic E-state index is -2.87. The molecule has 8 nitrogen and oxygen atoms in total. The maximum Gasteiger partial charge on any atom is 0.387 e. The number of anilines is 2. The molecule has 186 valence electrons. The first-order valence-electron chi connectivity index (χ1n) is 11.7. The van der Waals surface area contributed by atoms with Gasteiger partial charge in [0, 0.05) is 48.3 Å². The quantitative estimate of drug-likeness (QED) is 0.408. The fourth-order valence-corrected chi connectivity index (χ4v) is 4.51. The summed E-state index contributed by atoms with van der Waals surface area (Å²) in [6.45, 7) is 0.340. The van der Waals surface area contributed by atoms with Crippen molar-refractivity contribution in [3.63, 3.8) is 0 Å². The van der Waals surface area contributed by atoms with E-state index in [-0.39, 0.29) is 17.7 Å². The predicted molar refractivity (Wildman–Crippen MR) is 133 cm³/mol. The normalized spacial score (nSPS) is 15.9. The van der Waals surface area contributed by atoms with E-state index in [1.807, 2.05) is 34.4 Å². The Hall–Kier alpha value is -4.05. The van der Waals surface area contributed by atoms with Crippen LogP contribution in [0.3, 0.4) is 0 Å². The summed E-state index contributed by atoms with van der Waals surface area (Å²) in [4.78, 5) is 23.8. The molecule has 10 heteroatoms. The number of fused-ring (bicyclic) bond motifs is 1. The number of ether oxygens (including phenoxy) is 1. The summed E-state index contributed by atoms with van der Waals surface area (Å²) in [5, 5.41) is 3.29. The molecule has 4 aromatic rings. The molecule has 2 aromatic carbocycles. The van der Waals surface area contributed by atoms with Gasteiger partial charge in [-0.25, -0.2) is 9.97 Å². The highest BCUT2D eigenvalue weighted by Crippen LogP contribution is 2.28. The highest BCUT2D eigenvalue weighted by molar-refractivity contribution is 5.96. The molecular formula is C26H26F2N6O2. The Labute approximate surface area is 206 Å². The van der Waals surface area contributed by atoms with Gasteiger partial charge in [-0.3, -0.25) is 9.20 Å². The zero-order valence-corrected chi connectivity index (χ0v) is 19.7. The SMILES string of the molecule is Cc1cc(Nc2nccn3c(-c4ccc(OC(F)F)cc4)cnc23)ccc1C(=O)N1CCCC(N)C1. The second-order valence-electron chi connectivity index (χ2n) is 8.82. The molecule has 3 heterocycles. The highest BCUT2D eigenvalue weighted by atomic mass is 19.3. The molecule has 0 bridgehead atoms. The lowest BCUT2D eigenvalue weighted by Gasteiger charge is -2.31. The number of aryl methyl sites for hydroxylation is 1. The van der Waals surface area contributed by atoms with Crippen LogP contribution >= 0.6 is 0 Å². The lowest BCUT2D eigenvalue weighted by molar-refractivity contribution is -0.0498. The zero-order chi connectivity index (χ0) is 25.2. The van der Waals surface area contributed by atoms with Crippen LogP contribution in [-0.4, -0.2) is 50.9 Å². The van der Waals surface area contributed by atoms with Crippen molar-refractivity contribution in [1.82, 2.24) is 19.3 Å². The first-order valence-corrected chi connectivity index (χ1v) is 11.7. The molecule has 0 aliphatic carbocycles. The van der Waals surface area contributed by atoms with Gasteiger partial charge in [-0.1, -0.05) is 0 Å². The van der Waals surface area contributed by atoms with Gasteiger partial charge in [0.25, 0.3) is 5.91 Å². The first-order chi connectivity index (χ1) is 17.4. The predicted octanol–water partition coefficient (Wildman–Crippen LogP) is 4.61. The first kappa shape index (κ1) is 23.7. The van der Waals surface area contributed by atoms with Crippen molar-refractivity contribution in [2.24, 2.45) is 5.73 Å². The van der Waals surface area contributed by atoms with Gasteiger partial charge in [0.15, 0.2) is 11.5 Å². The number of benzene rings is 2. The number of nitrogens with two attached hydrogens (primary N) is 1. The highest BCUT2D eigenvalue weighted by Gasteiger charge is 2.23. The van der Waals surface area contributed by atoms with Crippen molar-refractivity contribution < 1.29 is 18.3 Å². The molecule has 5 rings (SSSR count). The lowest BCUT2D eigenvalue weighted by Crippen LogP contribution is -2.45. The summed E-state index contributed by atoms with van der Waals surface area (Å²) in [7, 11) is 0. The van der Waals surface area contributed by atoms with E-state index in [1.54, 1.807) is 30.7 Å². The average molecular weight is 493 g/mol. The number of amides is 1. The number of likely N-dealkylation sites (tertiary alicyclic amines) is 1. The van der Waals surface area contributed by atoms with Crippen molar-refractivity contribution in [2.45, 2.75) is 32.4 Å². The third kappa shape index (κ3) is 4.85. The van der Waals surface area contributed by atoms with Crippen LogP contribution in [-0.2, 0) is 0 Å². The van der Waals surface area contributed by atoms with Gasteiger partial charge in [0.1, 0.15) is 5.75 Å². The summed E-state index contributed by atoms with van der Waals surface area (Å²) in [5.41, 5.74) is 10.5. The third-order valence-corrected chi connectivity index (χ3v) is 6.27. The molecule has 0 saturated carbocycles. The topological polar surface area (TPSA) is 97.8 Å². The minimum absolute atomic E-state index is 0.00251. The van der Waals surface area contributed by atoms with E-state index in [0.29, 0.717) is 23.6 Å². The number of aromatic nitrogens is 3. The Kier molecular flexibility index (Phi) is 6.51. The fourth-order valence-electron chi connectivity index (χ4n) is 4.51. The smallest absolute Gasteiger partial charge is 0.387 e. The van der Waals surface area contributed by atoms with Crippen LogP contribution in [0.25, 0.3) is 16.9 Å². The number of nitrogens with one attached hydrogen (secondary N) is 1. The van der Waals surface area contributed by atoms with Crippen LogP contribution in [0.15, 0.2) is 61.1 Å². The van der Waals surface area contributed by atoms with E-state index in [1.165, 1.54) is 12.1 Å². The van der Waals surface area contributed by atoms with Crippen LogP contribution in [0, 0.1) is 6.92 Å². The molecule has 2 aromatic heterocycles. The van der Waals surface area contributed by atoms with Crippen LogP contribution < -0.4 is 15.8 Å². The molecule has 1 unspecified atom stereocenters. The Morgan fingerprint density at radius 1 is 1.19 bits per heavy atom. The van der Waals surface area contributed by atoms with Gasteiger partial charge in [-0.2, -0.15) is 8.78 Å². The Balaban J connectivity index is 1.37. The van der Waals surface area contributed by atoms with E-state index in [2.05, 4.69) is 20.0 Å². The van der Waals surface area contributed by atoms with Gasteiger partial charge >= 0.3 is 6.61 Å². The number of nitrogens with zero attached hydrogens (tertiary/aromatic N) is 4. The van der Waals surface area contributed by atoms with E-state index in [9.17, 15) is 13.6 Å². The maximum absolute atomic E-state index is 13.0. The van der Waals surface area contributed by atoms with Gasteiger partial charge in [-0.05, 0) is 67.8 Å². The molecular weight excluding hydrogens is 466 g/mol. The molecule has 1 fully saturated rings. The van der Waals surface area contributed by atoms with Crippen LogP contribution in [0.4, 0.5) is 20.3 Å². The molecule has 36 heavy (non-hydrogen) atoms. The standard InChI is InChI=1S/C26H26F2N6O2/c1-16-13-19(6-9-21(16)25(35)33-11-2-3-18(29)15-33)32-23-24-31-14-22(34(24)12-10-30-23)17-4-7-20(8-5-17)36-26(27)28/h4-10,12-14,18,26H,2-3,11,15,29H2,1H3,(H,30,32). The molecule has 3 N–H and O–H groups in total. The van der Waals surface area contributed by atoms with E-state index in [0.717, 1.165) is 41.9 Å². The summed E-state index contributed by atoms with van der Waals surface area (Å²) >= 11 is 0. The molecule has 1 aliphatic heterocycles. The monoisotopic (exact) mass is 492 g/mol. The Morgan fingerprint density at radius 2 is 2.00 bits per heavy atom. The second-order valence-corrected chi connectivity index (χ2v) is 8.82. The summed E-state index contributed by atoms with van der Waals surface area (Å²) in [5.74, 6) is 0.631. The number of hydrogen-bond donors (Lipinski definition) is 2. The number of carbonyl (C=O) groups is 1. The van der Waals surface area contributed by atoms with Crippen molar-refractivity contribution in [2.75, 3.05) is 18.4 Å². The van der Waals surface area contributed by atoms with Crippen LogP contribution in [0.1, 0.15) is 28.8 Å². The lowest BCUT2D eigenvalue weighted by atomic mass is 10.0. The summed E-state index contributed by atoms with van der Waals surface area (Å²) < 4.78 is 31.2. The molecule has 1 amide bonds. The molecule has 1 saturated heterocycles. The maximum atomic E-state index is 13.0. The molecule has 0 radical (unpaired) electrons. The van der Waals surface area contributed by atoms with Crippen molar-refractivity contribution in [3.05, 3.63) is 72.2 Å². The largest absolute Gasteiger partial charge is 0.435 e. The number of imidazole rings is 1. The zero-order valence-electron chi connectivity index (χ0n) is 19.7. The van der Waals surface area contributed by atoms with Gasteiger partial charge in [0.2, 0.25) is 0 Å². The minimum Gasteiger partial charge on any atom is -0.435 e. The summed E-state index contributed by atoms with van der Waals surface area (Å²) in [6.07, 6.45) is 6.99. The van der Waals surface area contributed by atoms with E-state index >= 15 is 0 Å². The van der Waals surface area contributed by atoms with Gasteiger partial charge in [-0.15, -0.1) is 0 Å². The Bertz CT molecular complexity index is 1390. The van der Waals surface area contributed by atoms with Crippen LogP contribution in [0.2, 0.25) is 0 Å². The second kappa shape index (κ2) is 9.90. The number of rotatable bonds is 6. The van der Waals surface area contributed by atoms with Gasteiger partial charge < -0.3 is 20.7 Å². The Morgan fingerprint density at radius 3 is 2.72 bits per heavy atom. The molecule has 1 atom stereocenters. The van der Waals surface area contributed by atoms with Crippen molar-refractivity contribution >= 4 is 23.1 Å². The number of alkyl halides is 2. The number of carbonyl (C=O) groups excluding carboxylic acids is 1. The van der Waals surface area contributed by atoms with Crippen molar-refractivity contribution in [1.29, 1.82) is 0 Å². The number of piperidine rings is 1. The summed E-state index contributed by atoms with van der Waals surface area (Å²) in [6, 6.07) is 12.0. The fraction of sp³-hybridized carbons (Fsp3) is 0.269. The van der Waals surface area contributed by atoms with Gasteiger partial charge in [0.05, 0.1) is 11.9 Å². The molecule has 1 aliphatic rings. The van der Waals surface area contributed by atoms with E-state index < -0.39 is 6.61 Å².